The average molecular weight is 372 g/mol. The van der Waals surface area contributed by atoms with Crippen molar-refractivity contribution in [1.82, 2.24) is 9.80 Å². The molecule has 1 aliphatic rings. The molecule has 0 aromatic heterocycles. The molecule has 1 aromatic carbocycles. The topological polar surface area (TPSA) is 6.48 Å². The fraction of sp³-hybridized carbons (Fsp3) is 0.625. The van der Waals surface area contributed by atoms with Crippen LogP contribution in [-0.2, 0) is 0 Å². The minimum Gasteiger partial charge on any atom is -0.302 e. The maximum Gasteiger partial charge on any atom is 0.0327 e. The van der Waals surface area contributed by atoms with Crippen LogP contribution in [-0.4, -0.2) is 43.0 Å². The molecule has 0 saturated carbocycles. The Morgan fingerprint density at radius 1 is 1.21 bits per heavy atom. The smallest absolute Gasteiger partial charge is 0.0327 e. The summed E-state index contributed by atoms with van der Waals surface area (Å²) in [6, 6.07) is 9.21. The highest BCUT2D eigenvalue weighted by atomic mass is 127. The van der Waals surface area contributed by atoms with Gasteiger partial charge in [-0.25, -0.2) is 0 Å². The standard InChI is InChI=1S/C16H25IN2/c1-14(15-8-4-5-9-16(15)17)18(2)12-13-19-10-6-3-7-11-19/h4-5,8-9,14H,3,6-7,10-13H2,1-2H3. The second-order valence-electron chi connectivity index (χ2n) is 5.58. The van der Waals surface area contributed by atoms with Crippen LogP contribution >= 0.6 is 22.6 Å². The number of likely N-dealkylation sites (tertiary alicyclic amines) is 1. The molecular formula is C16H25IN2. The van der Waals surface area contributed by atoms with Crippen LogP contribution in [0.15, 0.2) is 24.3 Å². The van der Waals surface area contributed by atoms with Crippen LogP contribution in [0.1, 0.15) is 37.8 Å². The molecule has 2 rings (SSSR count). The Labute approximate surface area is 131 Å². The zero-order chi connectivity index (χ0) is 13.7. The molecule has 0 N–H and O–H groups in total. The molecule has 0 amide bonds. The van der Waals surface area contributed by atoms with Gasteiger partial charge in [0, 0.05) is 22.7 Å². The van der Waals surface area contributed by atoms with E-state index in [1.807, 2.05) is 0 Å². The fourth-order valence-electron chi connectivity index (χ4n) is 2.73. The first-order valence-corrected chi connectivity index (χ1v) is 8.43. The van der Waals surface area contributed by atoms with Crippen molar-refractivity contribution >= 4 is 22.6 Å². The van der Waals surface area contributed by atoms with Crippen molar-refractivity contribution in [2.75, 3.05) is 33.2 Å². The summed E-state index contributed by atoms with van der Waals surface area (Å²) < 4.78 is 1.37. The molecule has 0 radical (unpaired) electrons. The molecule has 19 heavy (non-hydrogen) atoms. The molecule has 1 aromatic rings. The van der Waals surface area contributed by atoms with Crippen LogP contribution in [0.2, 0.25) is 0 Å². The van der Waals surface area contributed by atoms with E-state index >= 15 is 0 Å². The number of benzene rings is 1. The summed E-state index contributed by atoms with van der Waals surface area (Å²) >= 11 is 2.44. The van der Waals surface area contributed by atoms with Crippen molar-refractivity contribution in [3.8, 4) is 0 Å². The van der Waals surface area contributed by atoms with E-state index in [4.69, 9.17) is 0 Å². The molecule has 1 unspecified atom stereocenters. The molecule has 1 aliphatic heterocycles. The lowest BCUT2D eigenvalue weighted by Gasteiger charge is -2.31. The second kappa shape index (κ2) is 7.60. The van der Waals surface area contributed by atoms with Crippen molar-refractivity contribution in [2.45, 2.75) is 32.2 Å². The van der Waals surface area contributed by atoms with Crippen LogP contribution in [0.5, 0.6) is 0 Å². The van der Waals surface area contributed by atoms with Gasteiger partial charge in [-0.05, 0) is 74.1 Å². The van der Waals surface area contributed by atoms with Gasteiger partial charge in [0.05, 0.1) is 0 Å². The van der Waals surface area contributed by atoms with Crippen LogP contribution in [0.3, 0.4) is 0 Å². The highest BCUT2D eigenvalue weighted by Gasteiger charge is 2.16. The fourth-order valence-corrected chi connectivity index (χ4v) is 3.57. The van der Waals surface area contributed by atoms with Gasteiger partial charge in [-0.1, -0.05) is 24.6 Å². The summed E-state index contributed by atoms with van der Waals surface area (Å²) in [6.45, 7) is 7.28. The Hall–Kier alpha value is -0.130. The Morgan fingerprint density at radius 2 is 1.89 bits per heavy atom. The average Bonchev–Trinajstić information content (AvgIpc) is 2.45. The molecule has 0 aliphatic carbocycles. The molecule has 1 saturated heterocycles. The maximum absolute atomic E-state index is 2.61. The van der Waals surface area contributed by atoms with E-state index in [-0.39, 0.29) is 0 Å². The zero-order valence-electron chi connectivity index (χ0n) is 12.1. The molecule has 3 heteroatoms. The van der Waals surface area contributed by atoms with Crippen molar-refractivity contribution in [3.63, 3.8) is 0 Å². The van der Waals surface area contributed by atoms with Gasteiger partial charge >= 0.3 is 0 Å². The number of nitrogens with zero attached hydrogens (tertiary/aromatic N) is 2. The summed E-state index contributed by atoms with van der Waals surface area (Å²) in [6.07, 6.45) is 4.19. The van der Waals surface area contributed by atoms with Crippen LogP contribution in [0, 0.1) is 3.57 Å². The van der Waals surface area contributed by atoms with Gasteiger partial charge in [0.15, 0.2) is 0 Å². The van der Waals surface area contributed by atoms with Crippen molar-refractivity contribution < 1.29 is 0 Å². The van der Waals surface area contributed by atoms with E-state index < -0.39 is 0 Å². The quantitative estimate of drug-likeness (QED) is 0.726. The predicted molar refractivity (Wildman–Crippen MR) is 90.5 cm³/mol. The molecule has 106 valence electrons. The largest absolute Gasteiger partial charge is 0.302 e. The van der Waals surface area contributed by atoms with E-state index in [0.717, 1.165) is 6.54 Å². The third-order valence-electron chi connectivity index (χ3n) is 4.23. The normalized spacial score (nSPS) is 18.7. The molecule has 1 fully saturated rings. The maximum atomic E-state index is 2.61. The monoisotopic (exact) mass is 372 g/mol. The van der Waals surface area contributed by atoms with Gasteiger partial charge in [-0.2, -0.15) is 0 Å². The first-order valence-electron chi connectivity index (χ1n) is 7.35. The van der Waals surface area contributed by atoms with Gasteiger partial charge in [0.1, 0.15) is 0 Å². The summed E-state index contributed by atoms with van der Waals surface area (Å²) in [5, 5.41) is 0. The molecule has 1 heterocycles. The van der Waals surface area contributed by atoms with Gasteiger partial charge in [0.25, 0.3) is 0 Å². The van der Waals surface area contributed by atoms with Crippen LogP contribution in [0.25, 0.3) is 0 Å². The van der Waals surface area contributed by atoms with Gasteiger partial charge in [0.2, 0.25) is 0 Å². The van der Waals surface area contributed by atoms with E-state index in [9.17, 15) is 0 Å². The highest BCUT2D eigenvalue weighted by molar-refractivity contribution is 14.1. The number of hydrogen-bond donors (Lipinski definition) is 0. The van der Waals surface area contributed by atoms with E-state index in [0.29, 0.717) is 6.04 Å². The molecular weight excluding hydrogens is 347 g/mol. The number of likely N-dealkylation sites (N-methyl/N-ethyl adjacent to an activating group) is 1. The molecule has 0 bridgehead atoms. The predicted octanol–water partition coefficient (Wildman–Crippen LogP) is 3.77. The van der Waals surface area contributed by atoms with E-state index in [1.54, 1.807) is 0 Å². The lowest BCUT2D eigenvalue weighted by atomic mass is 10.1. The van der Waals surface area contributed by atoms with Gasteiger partial charge < -0.3 is 4.90 Å². The minimum atomic E-state index is 0.498. The van der Waals surface area contributed by atoms with Crippen LogP contribution < -0.4 is 0 Å². The van der Waals surface area contributed by atoms with E-state index in [2.05, 4.69) is 70.6 Å². The van der Waals surface area contributed by atoms with Crippen molar-refractivity contribution in [2.24, 2.45) is 0 Å². The lowest BCUT2D eigenvalue weighted by Crippen LogP contribution is -2.37. The van der Waals surface area contributed by atoms with Crippen molar-refractivity contribution in [3.05, 3.63) is 33.4 Å². The van der Waals surface area contributed by atoms with E-state index in [1.165, 1.54) is 48.0 Å². The number of hydrogen-bond acceptors (Lipinski definition) is 2. The minimum absolute atomic E-state index is 0.498. The summed E-state index contributed by atoms with van der Waals surface area (Å²) in [7, 11) is 2.25. The summed E-state index contributed by atoms with van der Waals surface area (Å²) in [5.41, 5.74) is 1.45. The SMILES string of the molecule is CC(c1ccccc1I)N(C)CCN1CCCCC1. The summed E-state index contributed by atoms with van der Waals surface area (Å²) in [4.78, 5) is 5.09. The zero-order valence-corrected chi connectivity index (χ0v) is 14.3. The van der Waals surface area contributed by atoms with Gasteiger partial charge in [-0.3, -0.25) is 4.90 Å². The molecule has 1 atom stereocenters. The van der Waals surface area contributed by atoms with Gasteiger partial charge in [-0.15, -0.1) is 0 Å². The third-order valence-corrected chi connectivity index (χ3v) is 5.22. The Morgan fingerprint density at radius 3 is 2.58 bits per heavy atom. The van der Waals surface area contributed by atoms with Crippen LogP contribution in [0.4, 0.5) is 0 Å². The lowest BCUT2D eigenvalue weighted by molar-refractivity contribution is 0.176. The Bertz CT molecular complexity index is 388. The Kier molecular flexibility index (Phi) is 6.10. The number of piperidine rings is 1. The highest BCUT2D eigenvalue weighted by Crippen LogP contribution is 2.23. The first kappa shape index (κ1) is 15.3. The van der Waals surface area contributed by atoms with Crippen molar-refractivity contribution in [1.29, 1.82) is 0 Å². The molecule has 2 nitrogen and oxygen atoms in total. The summed E-state index contributed by atoms with van der Waals surface area (Å²) in [5.74, 6) is 0. The Balaban J connectivity index is 1.85. The second-order valence-corrected chi connectivity index (χ2v) is 6.74. The first-order chi connectivity index (χ1) is 9.18. The third kappa shape index (κ3) is 4.43. The number of rotatable bonds is 5. The number of halogens is 1. The molecule has 0 spiro atoms.